The highest BCUT2D eigenvalue weighted by molar-refractivity contribution is 6.34. The predicted molar refractivity (Wildman–Crippen MR) is 25.6 cm³/mol. The summed E-state index contributed by atoms with van der Waals surface area (Å²) >= 11 is 0. The third-order valence-electron chi connectivity index (χ3n) is 0.531. The van der Waals surface area contributed by atoms with Gasteiger partial charge in [-0.1, -0.05) is 0 Å². The Morgan fingerprint density at radius 1 is 1.83 bits per heavy atom. The van der Waals surface area contributed by atoms with E-state index in [1.165, 1.54) is 0 Å². The van der Waals surface area contributed by atoms with Crippen molar-refractivity contribution in [2.75, 3.05) is 20.0 Å². The number of hydrogen-bond donors (Lipinski definition) is 2. The van der Waals surface area contributed by atoms with Crippen molar-refractivity contribution < 1.29 is 10.4 Å². The van der Waals surface area contributed by atoms with Gasteiger partial charge in [-0.05, 0) is 0 Å². The maximum atomic E-state index is 8.12. The largest absolute Gasteiger partial charge is 0.405 e. The molecule has 0 saturated carbocycles. The number of aliphatic hydroxyl groups excluding tert-OH is 1. The van der Waals surface area contributed by atoms with Crippen LogP contribution in [0.2, 0.25) is 0 Å². The molecule has 0 aromatic heterocycles. The minimum Gasteiger partial charge on any atom is -0.405 e. The Balaban J connectivity index is 2.34. The summed E-state index contributed by atoms with van der Waals surface area (Å²) in [6.45, 7) is 0.199. The first kappa shape index (κ1) is 5.98. The van der Waals surface area contributed by atoms with Crippen LogP contribution in [0.4, 0.5) is 0 Å². The predicted octanol–water partition coefficient (Wildman–Crippen LogP) is -2.21. The zero-order chi connectivity index (χ0) is 4.83. The average molecular weight is 86.9 g/mol. The Morgan fingerprint density at radius 2 is 2.50 bits per heavy atom. The Bertz CT molecular complexity index is 22.8. The Morgan fingerprint density at radius 3 is 2.67 bits per heavy atom. The second-order valence-corrected chi connectivity index (χ2v) is 1.12. The third kappa shape index (κ3) is 3.98. The molecule has 0 fully saturated rings. The van der Waals surface area contributed by atoms with E-state index in [-0.39, 0.29) is 6.51 Å². The van der Waals surface area contributed by atoms with Crippen LogP contribution in [0.1, 0.15) is 0 Å². The molecule has 0 bridgehead atoms. The third-order valence-corrected chi connectivity index (χ3v) is 0.531. The molecule has 0 aliphatic heterocycles. The lowest BCUT2D eigenvalue weighted by Crippen LogP contribution is -2.81. The molecule has 0 atom stereocenters. The standard InChI is InChI=1S/C3H9BNO/c1-5-2-4-3-6/h5-6H,2-3H2,1H3/p+1. The fraction of sp³-hybridized carbons (Fsp3) is 1.00. The topological polar surface area (TPSA) is 36.8 Å². The number of aliphatic hydroxyl groups is 1. The van der Waals surface area contributed by atoms with E-state index in [0.717, 1.165) is 6.44 Å². The number of nitrogens with two attached hydrogens (primary N) is 1. The van der Waals surface area contributed by atoms with Gasteiger partial charge in [0.25, 0.3) is 0 Å². The summed E-state index contributed by atoms with van der Waals surface area (Å²) in [5.74, 6) is 0. The molecular formula is C3H10BNO+. The van der Waals surface area contributed by atoms with Crippen LogP contribution in [0.25, 0.3) is 0 Å². The first-order chi connectivity index (χ1) is 2.91. The molecule has 6 heavy (non-hydrogen) atoms. The van der Waals surface area contributed by atoms with E-state index in [1.54, 1.807) is 7.28 Å². The molecule has 0 unspecified atom stereocenters. The van der Waals surface area contributed by atoms with Crippen LogP contribution in [0.15, 0.2) is 0 Å². The molecule has 0 heterocycles. The van der Waals surface area contributed by atoms with Gasteiger partial charge in [-0.25, -0.2) is 0 Å². The summed E-state index contributed by atoms with van der Waals surface area (Å²) in [6, 6.07) is 0. The second kappa shape index (κ2) is 4.98. The fourth-order valence-corrected chi connectivity index (χ4v) is 0.241. The molecule has 2 nitrogen and oxygen atoms in total. The van der Waals surface area contributed by atoms with Gasteiger partial charge in [0, 0.05) is 13.0 Å². The normalized spacial score (nSPS) is 8.33. The van der Waals surface area contributed by atoms with Gasteiger partial charge in [-0.15, -0.1) is 0 Å². The molecule has 0 aliphatic carbocycles. The van der Waals surface area contributed by atoms with Crippen molar-refractivity contribution in [1.82, 2.24) is 0 Å². The van der Waals surface area contributed by atoms with E-state index in [1.807, 2.05) is 12.4 Å². The van der Waals surface area contributed by atoms with Crippen molar-refractivity contribution >= 4 is 7.28 Å². The van der Waals surface area contributed by atoms with E-state index >= 15 is 0 Å². The average Bonchev–Trinajstić information content (AvgIpc) is 1.61. The van der Waals surface area contributed by atoms with E-state index in [0.29, 0.717) is 0 Å². The summed E-state index contributed by atoms with van der Waals surface area (Å²) < 4.78 is 0. The molecule has 0 rings (SSSR count). The van der Waals surface area contributed by atoms with Crippen LogP contribution in [-0.2, 0) is 0 Å². The summed E-state index contributed by atoms with van der Waals surface area (Å²) in [7, 11) is 3.77. The lowest BCUT2D eigenvalue weighted by Gasteiger charge is -1.84. The van der Waals surface area contributed by atoms with Crippen molar-refractivity contribution in [3.63, 3.8) is 0 Å². The van der Waals surface area contributed by atoms with Gasteiger partial charge in [-0.2, -0.15) is 0 Å². The van der Waals surface area contributed by atoms with Crippen LogP contribution >= 0.6 is 0 Å². The first-order valence-electron chi connectivity index (χ1n) is 2.12. The minimum atomic E-state index is 0.199. The van der Waals surface area contributed by atoms with Crippen molar-refractivity contribution in [3.05, 3.63) is 0 Å². The van der Waals surface area contributed by atoms with E-state index in [4.69, 9.17) is 5.11 Å². The number of hydrogen-bond acceptors (Lipinski definition) is 1. The van der Waals surface area contributed by atoms with Crippen molar-refractivity contribution in [3.8, 4) is 0 Å². The molecular weight excluding hydrogens is 76.9 g/mol. The monoisotopic (exact) mass is 87.1 g/mol. The highest BCUT2D eigenvalue weighted by atomic mass is 16.2. The van der Waals surface area contributed by atoms with Crippen LogP contribution in [0.3, 0.4) is 0 Å². The van der Waals surface area contributed by atoms with Crippen LogP contribution in [0.5, 0.6) is 0 Å². The number of quaternary nitrogens is 1. The Hall–Kier alpha value is -0.0151. The lowest BCUT2D eigenvalue weighted by atomic mass is 9.81. The van der Waals surface area contributed by atoms with E-state index < -0.39 is 0 Å². The summed E-state index contributed by atoms with van der Waals surface area (Å²) in [5, 5.41) is 10.1. The highest BCUT2D eigenvalue weighted by Crippen LogP contribution is 1.41. The van der Waals surface area contributed by atoms with E-state index in [2.05, 4.69) is 0 Å². The molecule has 0 amide bonds. The second-order valence-electron chi connectivity index (χ2n) is 1.12. The number of rotatable bonds is 3. The van der Waals surface area contributed by atoms with Crippen LogP contribution in [-0.4, -0.2) is 32.4 Å². The SMILES string of the molecule is C[NH2+]C[B]CO. The van der Waals surface area contributed by atoms with E-state index in [9.17, 15) is 0 Å². The van der Waals surface area contributed by atoms with Crippen LogP contribution in [0, 0.1) is 0 Å². The fourth-order valence-electron chi connectivity index (χ4n) is 0.241. The van der Waals surface area contributed by atoms with Gasteiger partial charge < -0.3 is 10.4 Å². The van der Waals surface area contributed by atoms with Crippen molar-refractivity contribution in [1.29, 1.82) is 0 Å². The summed E-state index contributed by atoms with van der Waals surface area (Å²) in [6.07, 6.45) is 0.913. The van der Waals surface area contributed by atoms with Crippen molar-refractivity contribution in [2.45, 2.75) is 0 Å². The molecule has 3 N–H and O–H groups in total. The maximum absolute atomic E-state index is 8.12. The maximum Gasteiger partial charge on any atom is 0.219 e. The van der Waals surface area contributed by atoms with Gasteiger partial charge in [0.2, 0.25) is 7.28 Å². The van der Waals surface area contributed by atoms with Gasteiger partial charge in [-0.3, -0.25) is 0 Å². The highest BCUT2D eigenvalue weighted by Gasteiger charge is 1.82. The zero-order valence-electron chi connectivity index (χ0n) is 4.02. The lowest BCUT2D eigenvalue weighted by molar-refractivity contribution is -0.610. The zero-order valence-corrected chi connectivity index (χ0v) is 4.02. The smallest absolute Gasteiger partial charge is 0.219 e. The molecule has 35 valence electrons. The molecule has 1 radical (unpaired) electrons. The van der Waals surface area contributed by atoms with Gasteiger partial charge in [0.15, 0.2) is 0 Å². The first-order valence-corrected chi connectivity index (χ1v) is 2.12. The molecule has 3 heteroatoms. The Kier molecular flexibility index (Phi) is 4.97. The molecule has 0 saturated heterocycles. The summed E-state index contributed by atoms with van der Waals surface area (Å²) in [5.41, 5.74) is 0. The molecule has 0 spiro atoms. The molecule has 0 aromatic carbocycles. The quantitative estimate of drug-likeness (QED) is 0.297. The van der Waals surface area contributed by atoms with Crippen molar-refractivity contribution in [2.24, 2.45) is 0 Å². The van der Waals surface area contributed by atoms with Gasteiger partial charge >= 0.3 is 0 Å². The minimum absolute atomic E-state index is 0.199. The van der Waals surface area contributed by atoms with Crippen LogP contribution < -0.4 is 5.32 Å². The van der Waals surface area contributed by atoms with Gasteiger partial charge in [0.05, 0.1) is 7.05 Å². The molecule has 0 aliphatic rings. The van der Waals surface area contributed by atoms with Gasteiger partial charge in [0.1, 0.15) is 0 Å². The Labute approximate surface area is 38.8 Å². The molecule has 0 aromatic rings. The summed E-state index contributed by atoms with van der Waals surface area (Å²) in [4.78, 5) is 0.